The standard InChI is InChI=1S/C16H28N4O/c1-3-6-15-17-16(21-18-15)13(2)19-11-7-14(8-12-19)20-9-4-5-10-20/h13-14H,3-12H2,1-2H3/t13-/m0/s1. The summed E-state index contributed by atoms with van der Waals surface area (Å²) in [5.74, 6) is 1.64. The van der Waals surface area contributed by atoms with Gasteiger partial charge in [0.05, 0.1) is 6.04 Å². The molecule has 3 heterocycles. The zero-order valence-corrected chi connectivity index (χ0v) is 13.4. The first-order valence-corrected chi connectivity index (χ1v) is 8.58. The van der Waals surface area contributed by atoms with Crippen LogP contribution < -0.4 is 0 Å². The van der Waals surface area contributed by atoms with Crippen molar-refractivity contribution in [2.75, 3.05) is 26.2 Å². The molecule has 0 spiro atoms. The van der Waals surface area contributed by atoms with E-state index in [1.165, 1.54) is 38.8 Å². The molecule has 5 heteroatoms. The third-order valence-corrected chi connectivity index (χ3v) is 5.02. The lowest BCUT2D eigenvalue weighted by Gasteiger charge is -2.38. The number of piperidine rings is 1. The summed E-state index contributed by atoms with van der Waals surface area (Å²) >= 11 is 0. The lowest BCUT2D eigenvalue weighted by molar-refractivity contribution is 0.0891. The molecule has 0 bridgehead atoms. The van der Waals surface area contributed by atoms with Gasteiger partial charge in [0.15, 0.2) is 5.82 Å². The predicted octanol–water partition coefficient (Wildman–Crippen LogP) is 2.64. The summed E-state index contributed by atoms with van der Waals surface area (Å²) in [5, 5.41) is 4.08. The highest BCUT2D eigenvalue weighted by atomic mass is 16.5. The SMILES string of the molecule is CCCc1noc([C@H](C)N2CCC(N3CCCC3)CC2)n1. The van der Waals surface area contributed by atoms with Gasteiger partial charge in [-0.3, -0.25) is 4.90 Å². The highest BCUT2D eigenvalue weighted by Crippen LogP contribution is 2.26. The molecule has 0 aliphatic carbocycles. The van der Waals surface area contributed by atoms with Gasteiger partial charge in [-0.15, -0.1) is 0 Å². The summed E-state index contributed by atoms with van der Waals surface area (Å²) < 4.78 is 5.45. The van der Waals surface area contributed by atoms with E-state index >= 15 is 0 Å². The lowest BCUT2D eigenvalue weighted by atomic mass is 10.0. The van der Waals surface area contributed by atoms with Gasteiger partial charge in [0.2, 0.25) is 5.89 Å². The number of nitrogens with zero attached hydrogens (tertiary/aromatic N) is 4. The summed E-state index contributed by atoms with van der Waals surface area (Å²) in [5.41, 5.74) is 0. The van der Waals surface area contributed by atoms with Gasteiger partial charge in [-0.1, -0.05) is 12.1 Å². The Morgan fingerprint density at radius 3 is 2.57 bits per heavy atom. The third-order valence-electron chi connectivity index (χ3n) is 5.02. The molecule has 0 N–H and O–H groups in total. The Labute approximate surface area is 127 Å². The molecular weight excluding hydrogens is 264 g/mol. The summed E-state index contributed by atoms with van der Waals surface area (Å²) in [6.45, 7) is 9.25. The van der Waals surface area contributed by atoms with Gasteiger partial charge in [0, 0.05) is 25.6 Å². The first-order chi connectivity index (χ1) is 10.3. The van der Waals surface area contributed by atoms with E-state index < -0.39 is 0 Å². The maximum Gasteiger partial charge on any atom is 0.243 e. The van der Waals surface area contributed by atoms with Crippen LogP contribution in [0.5, 0.6) is 0 Å². The maximum absolute atomic E-state index is 5.45. The zero-order valence-electron chi connectivity index (χ0n) is 13.4. The van der Waals surface area contributed by atoms with Crippen molar-refractivity contribution in [3.63, 3.8) is 0 Å². The van der Waals surface area contributed by atoms with Crippen LogP contribution in [0.4, 0.5) is 0 Å². The normalized spacial score (nSPS) is 23.7. The summed E-state index contributed by atoms with van der Waals surface area (Å²) in [4.78, 5) is 9.73. The second-order valence-electron chi connectivity index (χ2n) is 6.49. The molecule has 0 amide bonds. The number of hydrogen-bond acceptors (Lipinski definition) is 5. The monoisotopic (exact) mass is 292 g/mol. The molecule has 0 aromatic carbocycles. The number of aryl methyl sites for hydroxylation is 1. The van der Waals surface area contributed by atoms with E-state index in [9.17, 15) is 0 Å². The second-order valence-corrected chi connectivity index (χ2v) is 6.49. The summed E-state index contributed by atoms with van der Waals surface area (Å²) in [6, 6.07) is 1.05. The Bertz CT molecular complexity index is 433. The van der Waals surface area contributed by atoms with Gasteiger partial charge in [-0.2, -0.15) is 4.98 Å². The van der Waals surface area contributed by atoms with Crippen LogP contribution in [-0.4, -0.2) is 52.2 Å². The molecule has 0 saturated carbocycles. The van der Waals surface area contributed by atoms with Gasteiger partial charge < -0.3 is 9.42 Å². The number of aromatic nitrogens is 2. The molecule has 0 unspecified atom stereocenters. The van der Waals surface area contributed by atoms with Crippen molar-refractivity contribution >= 4 is 0 Å². The number of likely N-dealkylation sites (tertiary alicyclic amines) is 2. The van der Waals surface area contributed by atoms with Gasteiger partial charge in [-0.05, 0) is 52.1 Å². The van der Waals surface area contributed by atoms with E-state index in [0.717, 1.165) is 43.7 Å². The molecule has 118 valence electrons. The van der Waals surface area contributed by atoms with E-state index in [2.05, 4.69) is 33.8 Å². The fourth-order valence-electron chi connectivity index (χ4n) is 3.66. The summed E-state index contributed by atoms with van der Waals surface area (Å²) in [6.07, 6.45) is 7.31. The zero-order chi connectivity index (χ0) is 14.7. The highest BCUT2D eigenvalue weighted by Gasteiger charge is 2.30. The molecule has 2 aliphatic rings. The maximum atomic E-state index is 5.45. The predicted molar refractivity (Wildman–Crippen MR) is 82.1 cm³/mol. The molecule has 1 aromatic rings. The minimum atomic E-state index is 0.252. The highest BCUT2D eigenvalue weighted by molar-refractivity contribution is 4.94. The van der Waals surface area contributed by atoms with Crippen molar-refractivity contribution in [3.05, 3.63) is 11.7 Å². The molecule has 0 radical (unpaired) electrons. The van der Waals surface area contributed by atoms with Crippen molar-refractivity contribution in [3.8, 4) is 0 Å². The number of hydrogen-bond donors (Lipinski definition) is 0. The van der Waals surface area contributed by atoms with Crippen LogP contribution in [-0.2, 0) is 6.42 Å². The molecule has 2 aliphatic heterocycles. The minimum absolute atomic E-state index is 0.252. The average molecular weight is 292 g/mol. The van der Waals surface area contributed by atoms with Crippen LogP contribution in [0.3, 0.4) is 0 Å². The van der Waals surface area contributed by atoms with Crippen LogP contribution in [0.25, 0.3) is 0 Å². The van der Waals surface area contributed by atoms with Crippen LogP contribution in [0, 0.1) is 0 Å². The van der Waals surface area contributed by atoms with E-state index in [0.29, 0.717) is 0 Å². The second kappa shape index (κ2) is 6.88. The molecule has 1 aromatic heterocycles. The van der Waals surface area contributed by atoms with Crippen LogP contribution in [0.2, 0.25) is 0 Å². The van der Waals surface area contributed by atoms with Crippen LogP contribution in [0.1, 0.15) is 63.7 Å². The Kier molecular flexibility index (Phi) is 4.91. The topological polar surface area (TPSA) is 45.4 Å². The first-order valence-electron chi connectivity index (χ1n) is 8.58. The fraction of sp³-hybridized carbons (Fsp3) is 0.875. The van der Waals surface area contributed by atoms with E-state index in [1.54, 1.807) is 0 Å². The van der Waals surface area contributed by atoms with Crippen molar-refractivity contribution in [1.29, 1.82) is 0 Å². The Morgan fingerprint density at radius 1 is 1.19 bits per heavy atom. The minimum Gasteiger partial charge on any atom is -0.338 e. The Morgan fingerprint density at radius 2 is 1.90 bits per heavy atom. The molecule has 1 atom stereocenters. The van der Waals surface area contributed by atoms with Gasteiger partial charge in [-0.25, -0.2) is 0 Å². The van der Waals surface area contributed by atoms with Crippen molar-refractivity contribution in [1.82, 2.24) is 19.9 Å². The third kappa shape index (κ3) is 3.46. The molecule has 2 saturated heterocycles. The molecular formula is C16H28N4O. The molecule has 2 fully saturated rings. The van der Waals surface area contributed by atoms with E-state index in [-0.39, 0.29) is 6.04 Å². The quantitative estimate of drug-likeness (QED) is 0.835. The van der Waals surface area contributed by atoms with Gasteiger partial charge in [0.1, 0.15) is 0 Å². The molecule has 5 nitrogen and oxygen atoms in total. The summed E-state index contributed by atoms with van der Waals surface area (Å²) in [7, 11) is 0. The smallest absolute Gasteiger partial charge is 0.243 e. The number of rotatable bonds is 5. The Hall–Kier alpha value is -0.940. The fourth-order valence-corrected chi connectivity index (χ4v) is 3.66. The largest absolute Gasteiger partial charge is 0.338 e. The van der Waals surface area contributed by atoms with Gasteiger partial charge in [0.25, 0.3) is 0 Å². The molecule has 3 rings (SSSR count). The first kappa shape index (κ1) is 15.0. The van der Waals surface area contributed by atoms with Crippen LogP contribution in [0.15, 0.2) is 4.52 Å². The van der Waals surface area contributed by atoms with E-state index in [4.69, 9.17) is 4.52 Å². The molecule has 21 heavy (non-hydrogen) atoms. The van der Waals surface area contributed by atoms with Crippen molar-refractivity contribution < 1.29 is 4.52 Å². The van der Waals surface area contributed by atoms with Crippen molar-refractivity contribution in [2.45, 2.75) is 64.5 Å². The van der Waals surface area contributed by atoms with Crippen LogP contribution >= 0.6 is 0 Å². The Balaban J connectivity index is 1.52. The van der Waals surface area contributed by atoms with Gasteiger partial charge >= 0.3 is 0 Å². The average Bonchev–Trinajstić information content (AvgIpc) is 3.19. The lowest BCUT2D eigenvalue weighted by Crippen LogP contribution is -2.44. The van der Waals surface area contributed by atoms with E-state index in [1.807, 2.05) is 0 Å². The van der Waals surface area contributed by atoms with Crippen molar-refractivity contribution in [2.24, 2.45) is 0 Å².